The average molecular weight is 606 g/mol. The molecule has 10 nitrogen and oxygen atoms in total. The van der Waals surface area contributed by atoms with Crippen molar-refractivity contribution >= 4 is 66.7 Å². The Morgan fingerprint density at radius 2 is 1.71 bits per heavy atom. The van der Waals surface area contributed by atoms with Crippen LogP contribution in [0, 0.1) is 11.6 Å². The van der Waals surface area contributed by atoms with Crippen molar-refractivity contribution in [2.45, 2.75) is 4.90 Å². The monoisotopic (exact) mass is 605 g/mol. The fourth-order valence-corrected chi connectivity index (χ4v) is 6.03. The van der Waals surface area contributed by atoms with Gasteiger partial charge in [-0.15, -0.1) is 0 Å². The molecule has 0 saturated carbocycles. The Kier molecular flexibility index (Phi) is 6.67. The van der Waals surface area contributed by atoms with Crippen molar-refractivity contribution in [1.29, 1.82) is 0 Å². The van der Waals surface area contributed by atoms with E-state index in [-0.39, 0.29) is 26.8 Å². The van der Waals surface area contributed by atoms with E-state index in [0.717, 1.165) is 12.1 Å². The molecule has 3 heterocycles. The minimum Gasteiger partial charge on any atom is -0.366 e. The van der Waals surface area contributed by atoms with Crippen LogP contribution < -0.4 is 15.8 Å². The lowest BCUT2D eigenvalue weighted by molar-refractivity contribution is 0.100. The predicted molar refractivity (Wildman–Crippen MR) is 155 cm³/mol. The molecule has 0 aliphatic heterocycles. The Hall–Kier alpha value is -5.14. The zero-order valence-corrected chi connectivity index (χ0v) is 22.8. The van der Waals surface area contributed by atoms with Gasteiger partial charge in [-0.25, -0.2) is 32.2 Å². The van der Waals surface area contributed by atoms with Gasteiger partial charge >= 0.3 is 0 Å². The van der Waals surface area contributed by atoms with Gasteiger partial charge in [-0.3, -0.25) is 9.52 Å². The lowest BCUT2D eigenvalue weighted by Gasteiger charge is -2.15. The molecule has 0 radical (unpaired) electrons. The molecule has 1 amide bonds. The first-order valence-electron chi connectivity index (χ1n) is 12.2. The summed E-state index contributed by atoms with van der Waals surface area (Å²) in [5, 5.41) is 3.14. The molecule has 0 atom stereocenters. The summed E-state index contributed by atoms with van der Waals surface area (Å²) in [6, 6.07) is 17.9. The van der Waals surface area contributed by atoms with Crippen LogP contribution >= 0.6 is 11.6 Å². The van der Waals surface area contributed by atoms with Crippen molar-refractivity contribution in [3.63, 3.8) is 0 Å². The number of fused-ring (bicyclic) bond motifs is 2. The molecule has 6 aromatic rings. The number of anilines is 3. The van der Waals surface area contributed by atoms with Crippen molar-refractivity contribution < 1.29 is 22.0 Å². The minimum absolute atomic E-state index is 0.0580. The van der Waals surface area contributed by atoms with Crippen LogP contribution in [0.25, 0.3) is 27.8 Å². The minimum atomic E-state index is -4.31. The number of hydrogen-bond acceptors (Lipinski definition) is 7. The second-order valence-electron chi connectivity index (χ2n) is 9.00. The number of rotatable bonds is 7. The lowest BCUT2D eigenvalue weighted by atomic mass is 10.2. The van der Waals surface area contributed by atoms with Crippen LogP contribution in [0.15, 0.2) is 90.2 Å². The molecule has 42 heavy (non-hydrogen) atoms. The third-order valence-corrected chi connectivity index (χ3v) is 8.26. The maximum absolute atomic E-state index is 15.6. The van der Waals surface area contributed by atoms with Crippen molar-refractivity contribution in [2.24, 2.45) is 5.73 Å². The van der Waals surface area contributed by atoms with E-state index in [1.807, 2.05) is 0 Å². The van der Waals surface area contributed by atoms with E-state index in [0.29, 0.717) is 22.2 Å². The zero-order valence-electron chi connectivity index (χ0n) is 21.2. The van der Waals surface area contributed by atoms with E-state index in [9.17, 15) is 17.6 Å². The molecule has 6 rings (SSSR count). The highest BCUT2D eigenvalue weighted by molar-refractivity contribution is 7.92. The Morgan fingerprint density at radius 1 is 0.952 bits per heavy atom. The summed E-state index contributed by atoms with van der Waals surface area (Å²) < 4.78 is 60.0. The highest BCUT2D eigenvalue weighted by Crippen LogP contribution is 2.33. The summed E-state index contributed by atoms with van der Waals surface area (Å²) in [5.74, 6) is -2.56. The zero-order chi connectivity index (χ0) is 29.6. The van der Waals surface area contributed by atoms with Crippen LogP contribution in [0.4, 0.5) is 26.0 Å². The number of nitrogens with zero attached hydrogens (tertiary/aromatic N) is 4. The topological polar surface area (TPSA) is 145 Å². The third-order valence-electron chi connectivity index (χ3n) is 6.40. The molecule has 3 aromatic heterocycles. The number of halogens is 3. The number of nitrogens with two attached hydrogens (primary N) is 1. The Labute approximate surface area is 241 Å². The quantitative estimate of drug-likeness (QED) is 0.216. The number of hydrogen-bond donors (Lipinski definition) is 3. The fraction of sp³-hybridized carbons (Fsp3) is 0. The summed E-state index contributed by atoms with van der Waals surface area (Å²) in [7, 11) is -4.31. The predicted octanol–water partition coefficient (Wildman–Crippen LogP) is 5.54. The molecule has 3 aromatic carbocycles. The number of primary amides is 1. The maximum atomic E-state index is 15.6. The number of aromatic nitrogens is 4. The van der Waals surface area contributed by atoms with Crippen LogP contribution in [-0.4, -0.2) is 33.8 Å². The van der Waals surface area contributed by atoms with Gasteiger partial charge in [0.25, 0.3) is 15.9 Å². The first-order chi connectivity index (χ1) is 20.1. The SMILES string of the molecule is NC(=O)c1cn(-c2ccc3ncnc(Nc4c(F)ccc(NS(=O)(=O)c5ccccc5Cl)c4F)c3n2)c2ccccc12. The van der Waals surface area contributed by atoms with Crippen LogP contribution in [0.5, 0.6) is 0 Å². The van der Waals surface area contributed by atoms with Crippen molar-refractivity contribution in [2.75, 3.05) is 10.0 Å². The summed E-state index contributed by atoms with van der Waals surface area (Å²) in [6.07, 6.45) is 2.73. The molecule has 4 N–H and O–H groups in total. The van der Waals surface area contributed by atoms with Gasteiger partial charge in [0, 0.05) is 11.6 Å². The number of benzene rings is 3. The molecular weight excluding hydrogens is 588 g/mol. The average Bonchev–Trinajstić information content (AvgIpc) is 3.37. The highest BCUT2D eigenvalue weighted by atomic mass is 35.5. The van der Waals surface area contributed by atoms with Gasteiger partial charge < -0.3 is 15.6 Å². The largest absolute Gasteiger partial charge is 0.366 e. The summed E-state index contributed by atoms with van der Waals surface area (Å²) in [5.41, 5.74) is 5.80. The lowest BCUT2D eigenvalue weighted by Crippen LogP contribution is -2.15. The number of carbonyl (C=O) groups is 1. The Morgan fingerprint density at radius 3 is 2.50 bits per heavy atom. The molecule has 0 fully saturated rings. The van der Waals surface area contributed by atoms with Gasteiger partial charge in [-0.2, -0.15) is 0 Å². The molecule has 0 bridgehead atoms. The molecular formula is C28H18ClF2N7O3S. The van der Waals surface area contributed by atoms with E-state index < -0.39 is 38.9 Å². The van der Waals surface area contributed by atoms with Crippen molar-refractivity contribution in [3.8, 4) is 5.82 Å². The van der Waals surface area contributed by atoms with Crippen LogP contribution in [-0.2, 0) is 10.0 Å². The van der Waals surface area contributed by atoms with Crippen molar-refractivity contribution in [1.82, 2.24) is 19.5 Å². The molecule has 0 aliphatic rings. The number of sulfonamides is 1. The Bertz CT molecular complexity index is 2160. The van der Waals surface area contributed by atoms with E-state index in [1.54, 1.807) is 53.2 Å². The van der Waals surface area contributed by atoms with Gasteiger partial charge in [-0.1, -0.05) is 41.9 Å². The first-order valence-corrected chi connectivity index (χ1v) is 14.0. The fourth-order valence-electron chi connectivity index (χ4n) is 4.45. The van der Waals surface area contributed by atoms with Crippen LogP contribution in [0.2, 0.25) is 5.02 Å². The summed E-state index contributed by atoms with van der Waals surface area (Å²) >= 11 is 6.01. The number of amides is 1. The highest BCUT2D eigenvalue weighted by Gasteiger charge is 2.23. The number of para-hydroxylation sites is 1. The van der Waals surface area contributed by atoms with Crippen LogP contribution in [0.3, 0.4) is 0 Å². The number of nitrogens with one attached hydrogen (secondary N) is 2. The third kappa shape index (κ3) is 4.74. The van der Waals surface area contributed by atoms with Crippen molar-refractivity contribution in [3.05, 3.63) is 108 Å². The van der Waals surface area contributed by atoms with Gasteiger partial charge in [0.1, 0.15) is 34.1 Å². The second-order valence-corrected chi connectivity index (χ2v) is 11.1. The van der Waals surface area contributed by atoms with Gasteiger partial charge in [0.15, 0.2) is 11.6 Å². The van der Waals surface area contributed by atoms with Gasteiger partial charge in [0.2, 0.25) is 0 Å². The standard InChI is InChI=1S/C28H18ClF2N7O3S/c29-17-6-2-4-8-22(17)42(40,41)37-19-10-9-18(30)25(24(19)31)36-28-26-20(33-14-34-28)11-12-23(35-26)38-13-16(27(32)39)15-5-1-3-7-21(15)38/h1-14,37H,(H2,32,39)(H,33,34,36). The Balaban J connectivity index is 1.42. The molecule has 210 valence electrons. The van der Waals surface area contributed by atoms with Gasteiger partial charge in [0.05, 0.1) is 27.3 Å². The molecule has 0 unspecified atom stereocenters. The molecule has 0 aliphatic carbocycles. The second kappa shape index (κ2) is 10.4. The number of pyridine rings is 1. The van der Waals surface area contributed by atoms with E-state index in [4.69, 9.17) is 17.3 Å². The molecule has 14 heteroatoms. The number of carbonyl (C=O) groups excluding carboxylic acids is 1. The summed E-state index contributed by atoms with van der Waals surface area (Å²) in [4.78, 5) is 24.7. The normalized spacial score (nSPS) is 11.6. The molecule has 0 spiro atoms. The summed E-state index contributed by atoms with van der Waals surface area (Å²) in [6.45, 7) is 0. The van der Waals surface area contributed by atoms with E-state index in [2.05, 4.69) is 25.0 Å². The smallest absolute Gasteiger partial charge is 0.263 e. The van der Waals surface area contributed by atoms with Gasteiger partial charge in [-0.05, 0) is 42.5 Å². The van der Waals surface area contributed by atoms with E-state index in [1.165, 1.54) is 24.5 Å². The molecule has 0 saturated heterocycles. The first kappa shape index (κ1) is 27.1. The van der Waals surface area contributed by atoms with Crippen LogP contribution in [0.1, 0.15) is 10.4 Å². The van der Waals surface area contributed by atoms with E-state index >= 15 is 4.39 Å². The maximum Gasteiger partial charge on any atom is 0.263 e.